The Morgan fingerprint density at radius 3 is 1.00 bits per heavy atom. The molecule has 0 fully saturated rings. The first-order valence-corrected chi connectivity index (χ1v) is 8.00. The summed E-state index contributed by atoms with van der Waals surface area (Å²) in [5.74, 6) is 0. The van der Waals surface area contributed by atoms with Gasteiger partial charge in [0.1, 0.15) is 0 Å². The molecule has 0 aliphatic carbocycles. The fourth-order valence-corrected chi connectivity index (χ4v) is 1.13. The first-order chi connectivity index (χ1) is 10.2. The lowest BCUT2D eigenvalue weighted by atomic mass is 10.1. The van der Waals surface area contributed by atoms with Crippen molar-refractivity contribution in [2.75, 3.05) is 7.05 Å². The number of benzene rings is 2. The first kappa shape index (κ1) is 24.4. The summed E-state index contributed by atoms with van der Waals surface area (Å²) in [5, 5.41) is 2.62. The number of rotatable bonds is 0. The minimum absolute atomic E-state index is 1.25. The van der Waals surface area contributed by atoms with Crippen LogP contribution in [0.15, 0.2) is 53.5 Å². The highest BCUT2D eigenvalue weighted by atomic mass is 14.6. The van der Waals surface area contributed by atoms with E-state index in [1.165, 1.54) is 23.6 Å². The lowest BCUT2D eigenvalue weighted by molar-refractivity contribution is 1.09. The number of nitrogens with zero attached hydrogens (tertiary/aromatic N) is 1. The first-order valence-electron chi connectivity index (χ1n) is 8.00. The smallest absolute Gasteiger partial charge is 0.0269 e. The molecule has 120 valence electrons. The second-order valence-electron chi connectivity index (χ2n) is 4.08. The van der Waals surface area contributed by atoms with E-state index >= 15 is 0 Å². The van der Waals surface area contributed by atoms with Gasteiger partial charge < -0.3 is 4.99 Å². The number of hydrogen-bond acceptors (Lipinski definition) is 1. The molecule has 0 radical (unpaired) electrons. The van der Waals surface area contributed by atoms with Gasteiger partial charge in [0.2, 0.25) is 0 Å². The van der Waals surface area contributed by atoms with E-state index in [2.05, 4.69) is 87.9 Å². The van der Waals surface area contributed by atoms with Crippen molar-refractivity contribution in [1.82, 2.24) is 0 Å². The largest absolute Gasteiger partial charge is 0.304 e. The Labute approximate surface area is 133 Å². The summed E-state index contributed by atoms with van der Waals surface area (Å²) < 4.78 is 0. The highest BCUT2D eigenvalue weighted by molar-refractivity contribution is 5.81. The number of fused-ring (bicyclic) bond motifs is 1. The van der Waals surface area contributed by atoms with E-state index in [9.17, 15) is 0 Å². The van der Waals surface area contributed by atoms with Gasteiger partial charge in [-0.1, -0.05) is 103 Å². The zero-order valence-corrected chi connectivity index (χ0v) is 15.2. The maximum atomic E-state index is 3.25. The van der Waals surface area contributed by atoms with Crippen LogP contribution in [0.4, 0.5) is 0 Å². The molecule has 0 amide bonds. The molecule has 0 saturated carbocycles. The van der Waals surface area contributed by atoms with Crippen LogP contribution >= 0.6 is 0 Å². The van der Waals surface area contributed by atoms with Gasteiger partial charge >= 0.3 is 0 Å². The Balaban J connectivity index is -0.000000249. The van der Waals surface area contributed by atoms with Crippen LogP contribution < -0.4 is 0 Å². The second kappa shape index (κ2) is 23.5. The van der Waals surface area contributed by atoms with E-state index in [0.717, 1.165) is 0 Å². The van der Waals surface area contributed by atoms with Gasteiger partial charge in [0.05, 0.1) is 0 Å². The Morgan fingerprint density at radius 1 is 0.714 bits per heavy atom. The molecule has 0 saturated heterocycles. The lowest BCUT2D eigenvalue weighted by Gasteiger charge is -1.92. The van der Waals surface area contributed by atoms with Crippen molar-refractivity contribution >= 4 is 17.5 Å². The molecule has 0 N–H and O–H groups in total. The van der Waals surface area contributed by atoms with Crippen LogP contribution in [0.3, 0.4) is 0 Å². The molecule has 2 aromatic rings. The van der Waals surface area contributed by atoms with Gasteiger partial charge in [0, 0.05) is 7.05 Å². The number of aliphatic imine (C=N–C) groups is 1. The molecule has 0 unspecified atom stereocenters. The molecule has 21 heavy (non-hydrogen) atoms. The van der Waals surface area contributed by atoms with Gasteiger partial charge in [-0.15, -0.1) is 0 Å². The molecular formula is C20H35N. The van der Waals surface area contributed by atoms with Gasteiger partial charge in [-0.05, 0) is 17.5 Å². The molecule has 2 rings (SSSR count). The van der Waals surface area contributed by atoms with E-state index < -0.39 is 0 Å². The normalized spacial score (nSPS) is 7.38. The zero-order valence-electron chi connectivity index (χ0n) is 15.2. The van der Waals surface area contributed by atoms with Crippen molar-refractivity contribution in [3.8, 4) is 0 Å². The maximum absolute atomic E-state index is 3.25. The van der Waals surface area contributed by atoms with Crippen molar-refractivity contribution < 1.29 is 0 Å². The third-order valence-electron chi connectivity index (χ3n) is 1.66. The van der Waals surface area contributed by atoms with Crippen LogP contribution in [-0.4, -0.2) is 13.8 Å². The molecule has 1 heteroatoms. The fraction of sp³-hybridized carbons (Fsp3) is 0.450. The van der Waals surface area contributed by atoms with Gasteiger partial charge in [-0.2, -0.15) is 0 Å². The standard InChI is InChI=1S/C10H8.2C3H8.C2H5N.C2H6/c1-2-6-10-8-4-3-7-9(10)5-1;3*1-3-2;1-2/h1-8H;2*3H2,1-2H3;1H2,2H3;1-2H3. The molecule has 0 atom stereocenters. The average Bonchev–Trinajstić information content (AvgIpc) is 2.52. The molecule has 0 aliphatic rings. The van der Waals surface area contributed by atoms with Crippen LogP contribution in [0.2, 0.25) is 0 Å². The van der Waals surface area contributed by atoms with E-state index in [1.807, 2.05) is 13.8 Å². The summed E-state index contributed by atoms with van der Waals surface area (Å²) in [7, 11) is 1.64. The lowest BCUT2D eigenvalue weighted by Crippen LogP contribution is -1.67. The molecule has 0 heterocycles. The Morgan fingerprint density at radius 2 is 0.857 bits per heavy atom. The van der Waals surface area contributed by atoms with Crippen molar-refractivity contribution in [2.45, 2.75) is 54.4 Å². The predicted molar refractivity (Wildman–Crippen MR) is 103 cm³/mol. The third kappa shape index (κ3) is 18.4. The molecule has 0 aliphatic heterocycles. The van der Waals surface area contributed by atoms with Gasteiger partial charge in [-0.3, -0.25) is 0 Å². The quantitative estimate of drug-likeness (QED) is 0.462. The summed E-state index contributed by atoms with van der Waals surface area (Å²) in [6, 6.07) is 16.7. The molecular weight excluding hydrogens is 254 g/mol. The highest BCUT2D eigenvalue weighted by Gasteiger charge is 1.85. The summed E-state index contributed by atoms with van der Waals surface area (Å²) in [6.45, 7) is 15.6. The van der Waals surface area contributed by atoms with Gasteiger partial charge in [-0.25, -0.2) is 0 Å². The van der Waals surface area contributed by atoms with Crippen LogP contribution in [0, 0.1) is 0 Å². The van der Waals surface area contributed by atoms with Crippen molar-refractivity contribution in [2.24, 2.45) is 4.99 Å². The summed E-state index contributed by atoms with van der Waals surface area (Å²) >= 11 is 0. The SMILES string of the molecule is C=NC.CC.CCC.CCC.c1ccc2ccccc2c1. The van der Waals surface area contributed by atoms with Crippen LogP contribution in [0.25, 0.3) is 10.8 Å². The molecule has 0 spiro atoms. The van der Waals surface area contributed by atoms with Gasteiger partial charge in [0.15, 0.2) is 0 Å². The van der Waals surface area contributed by atoms with Crippen LogP contribution in [0.5, 0.6) is 0 Å². The van der Waals surface area contributed by atoms with Crippen molar-refractivity contribution in [1.29, 1.82) is 0 Å². The Hall–Kier alpha value is -1.63. The van der Waals surface area contributed by atoms with Crippen molar-refractivity contribution in [3.05, 3.63) is 48.5 Å². The van der Waals surface area contributed by atoms with Crippen LogP contribution in [0.1, 0.15) is 54.4 Å². The minimum atomic E-state index is 1.25. The molecule has 0 aromatic heterocycles. The van der Waals surface area contributed by atoms with E-state index in [-0.39, 0.29) is 0 Å². The number of hydrogen-bond donors (Lipinski definition) is 0. The average molecular weight is 290 g/mol. The third-order valence-corrected chi connectivity index (χ3v) is 1.66. The monoisotopic (exact) mass is 289 g/mol. The Bertz CT molecular complexity index is 340. The minimum Gasteiger partial charge on any atom is -0.304 e. The van der Waals surface area contributed by atoms with Gasteiger partial charge in [0.25, 0.3) is 0 Å². The topological polar surface area (TPSA) is 12.4 Å². The predicted octanol–water partition coefficient (Wildman–Crippen LogP) is 7.02. The van der Waals surface area contributed by atoms with Crippen molar-refractivity contribution in [3.63, 3.8) is 0 Å². The second-order valence-corrected chi connectivity index (χ2v) is 4.08. The highest BCUT2D eigenvalue weighted by Crippen LogP contribution is 2.11. The maximum Gasteiger partial charge on any atom is 0.0269 e. The van der Waals surface area contributed by atoms with E-state index in [4.69, 9.17) is 0 Å². The zero-order chi connectivity index (χ0) is 16.9. The summed E-state index contributed by atoms with van der Waals surface area (Å²) in [4.78, 5) is 3.25. The summed E-state index contributed by atoms with van der Waals surface area (Å²) in [6.07, 6.45) is 2.50. The summed E-state index contributed by atoms with van der Waals surface area (Å²) in [5.41, 5.74) is 0. The van der Waals surface area contributed by atoms with E-state index in [1.54, 1.807) is 7.05 Å². The molecule has 2 aromatic carbocycles. The Kier molecular flexibility index (Phi) is 27.3. The fourth-order valence-electron chi connectivity index (χ4n) is 1.13. The molecule has 1 nitrogen and oxygen atoms in total. The van der Waals surface area contributed by atoms with Crippen LogP contribution in [-0.2, 0) is 0 Å². The van der Waals surface area contributed by atoms with E-state index in [0.29, 0.717) is 0 Å². The molecule has 0 bridgehead atoms.